The van der Waals surface area contributed by atoms with E-state index in [2.05, 4.69) is 5.32 Å². The summed E-state index contributed by atoms with van der Waals surface area (Å²) >= 11 is 1.86. The fraction of sp³-hybridized carbons (Fsp3) is 0.429. The third-order valence-electron chi connectivity index (χ3n) is 3.71. The standard InChI is InChI=1S/C14H16IN3O4/c1-8-5-12(13(19)16-2)17(7-8)14(20)9-3-4-10(15)11(6-9)18(21)22/h3-4,6,8,12H,5,7H2,1-2H3,(H,16,19). The molecule has 1 fully saturated rings. The van der Waals surface area contributed by atoms with Crippen LogP contribution in [0.1, 0.15) is 23.7 Å². The van der Waals surface area contributed by atoms with E-state index in [9.17, 15) is 19.7 Å². The molecular formula is C14H16IN3O4. The highest BCUT2D eigenvalue weighted by Crippen LogP contribution is 2.27. The SMILES string of the molecule is CNC(=O)C1CC(C)CN1C(=O)c1ccc(I)c([N+](=O)[O-])c1. The zero-order valence-corrected chi connectivity index (χ0v) is 14.4. The number of halogens is 1. The van der Waals surface area contributed by atoms with Crippen LogP contribution in [0.3, 0.4) is 0 Å². The fourth-order valence-electron chi connectivity index (χ4n) is 2.64. The number of likely N-dealkylation sites (N-methyl/N-ethyl adjacent to an activating group) is 1. The lowest BCUT2D eigenvalue weighted by molar-refractivity contribution is -0.385. The molecule has 1 aromatic carbocycles. The molecule has 0 aromatic heterocycles. The molecule has 118 valence electrons. The molecule has 1 aromatic rings. The minimum absolute atomic E-state index is 0.102. The van der Waals surface area contributed by atoms with Crippen molar-refractivity contribution in [1.29, 1.82) is 0 Å². The summed E-state index contributed by atoms with van der Waals surface area (Å²) in [6, 6.07) is 3.85. The first-order chi connectivity index (χ1) is 10.3. The summed E-state index contributed by atoms with van der Waals surface area (Å²) in [6.07, 6.45) is 0.595. The highest BCUT2D eigenvalue weighted by atomic mass is 127. The summed E-state index contributed by atoms with van der Waals surface area (Å²) in [4.78, 5) is 36.5. The molecule has 2 rings (SSSR count). The van der Waals surface area contributed by atoms with Crippen molar-refractivity contribution in [2.75, 3.05) is 13.6 Å². The molecule has 0 radical (unpaired) electrons. The van der Waals surface area contributed by atoms with Crippen LogP contribution in [0.5, 0.6) is 0 Å². The van der Waals surface area contributed by atoms with E-state index in [4.69, 9.17) is 0 Å². The van der Waals surface area contributed by atoms with Crippen molar-refractivity contribution in [3.05, 3.63) is 37.4 Å². The van der Waals surface area contributed by atoms with Gasteiger partial charge in [-0.15, -0.1) is 0 Å². The molecule has 1 aliphatic rings. The topological polar surface area (TPSA) is 92.6 Å². The van der Waals surface area contributed by atoms with Gasteiger partial charge in [-0.25, -0.2) is 0 Å². The quantitative estimate of drug-likeness (QED) is 0.461. The number of carbonyl (C=O) groups excluding carboxylic acids is 2. The monoisotopic (exact) mass is 417 g/mol. The summed E-state index contributed by atoms with van der Waals surface area (Å²) in [5.41, 5.74) is 0.130. The van der Waals surface area contributed by atoms with Gasteiger partial charge in [0.25, 0.3) is 11.6 Å². The number of benzene rings is 1. The molecule has 8 heteroatoms. The second-order valence-corrected chi connectivity index (χ2v) is 6.51. The lowest BCUT2D eigenvalue weighted by Gasteiger charge is -2.23. The van der Waals surface area contributed by atoms with E-state index in [1.165, 1.54) is 18.0 Å². The number of rotatable bonds is 3. The lowest BCUT2D eigenvalue weighted by atomic mass is 10.1. The van der Waals surface area contributed by atoms with Crippen LogP contribution < -0.4 is 5.32 Å². The largest absolute Gasteiger partial charge is 0.357 e. The van der Waals surface area contributed by atoms with Gasteiger partial charge in [0.05, 0.1) is 8.49 Å². The minimum atomic E-state index is -0.522. The summed E-state index contributed by atoms with van der Waals surface area (Å²) in [7, 11) is 1.53. The predicted molar refractivity (Wildman–Crippen MR) is 88.5 cm³/mol. The molecule has 7 nitrogen and oxygen atoms in total. The van der Waals surface area contributed by atoms with Crippen molar-refractivity contribution in [1.82, 2.24) is 10.2 Å². The molecule has 0 spiro atoms. The van der Waals surface area contributed by atoms with E-state index < -0.39 is 11.0 Å². The Morgan fingerprint density at radius 2 is 2.14 bits per heavy atom. The van der Waals surface area contributed by atoms with Crippen LogP contribution in [0, 0.1) is 19.6 Å². The maximum absolute atomic E-state index is 12.6. The maximum Gasteiger partial charge on any atom is 0.283 e. The number of likely N-dealkylation sites (tertiary alicyclic amines) is 1. The Kier molecular flexibility index (Phi) is 4.99. The van der Waals surface area contributed by atoms with Gasteiger partial charge in [0.1, 0.15) is 6.04 Å². The van der Waals surface area contributed by atoms with Crippen molar-refractivity contribution in [2.24, 2.45) is 5.92 Å². The van der Waals surface area contributed by atoms with Crippen molar-refractivity contribution < 1.29 is 14.5 Å². The summed E-state index contributed by atoms with van der Waals surface area (Å²) in [5.74, 6) is -0.347. The molecule has 0 saturated carbocycles. The first-order valence-electron chi connectivity index (χ1n) is 6.81. The van der Waals surface area contributed by atoms with Gasteiger partial charge >= 0.3 is 0 Å². The van der Waals surface area contributed by atoms with Gasteiger partial charge in [-0.2, -0.15) is 0 Å². The van der Waals surface area contributed by atoms with Gasteiger partial charge in [-0.05, 0) is 47.1 Å². The number of nitrogens with one attached hydrogen (secondary N) is 1. The Bertz CT molecular complexity index is 635. The van der Waals surface area contributed by atoms with Crippen LogP contribution in [-0.4, -0.2) is 41.3 Å². The van der Waals surface area contributed by atoms with Crippen molar-refractivity contribution in [3.63, 3.8) is 0 Å². The highest BCUT2D eigenvalue weighted by molar-refractivity contribution is 14.1. The zero-order valence-electron chi connectivity index (χ0n) is 12.2. The molecule has 0 bridgehead atoms. The number of nitrogens with zero attached hydrogens (tertiary/aromatic N) is 2. The van der Waals surface area contributed by atoms with Crippen LogP contribution in [-0.2, 0) is 4.79 Å². The first kappa shape index (κ1) is 16.7. The van der Waals surface area contributed by atoms with Gasteiger partial charge in [-0.3, -0.25) is 19.7 Å². The Morgan fingerprint density at radius 3 is 2.73 bits per heavy atom. The van der Waals surface area contributed by atoms with Crippen LogP contribution in [0.4, 0.5) is 5.69 Å². The minimum Gasteiger partial charge on any atom is -0.357 e. The smallest absolute Gasteiger partial charge is 0.283 e. The summed E-state index contributed by atoms with van der Waals surface area (Å²) < 4.78 is 0.469. The van der Waals surface area contributed by atoms with Crippen molar-refractivity contribution in [3.8, 4) is 0 Å². The molecule has 1 aliphatic heterocycles. The van der Waals surface area contributed by atoms with Gasteiger partial charge in [0.2, 0.25) is 5.91 Å². The molecule has 2 unspecified atom stereocenters. The average Bonchev–Trinajstić information content (AvgIpc) is 2.87. The van der Waals surface area contributed by atoms with E-state index >= 15 is 0 Å². The Balaban J connectivity index is 2.32. The number of nitro benzene ring substituents is 1. The molecule has 1 saturated heterocycles. The number of carbonyl (C=O) groups is 2. The number of nitro groups is 1. The van der Waals surface area contributed by atoms with E-state index in [1.807, 2.05) is 29.5 Å². The normalized spacial score (nSPS) is 20.8. The number of hydrogen-bond acceptors (Lipinski definition) is 4. The molecule has 2 atom stereocenters. The Labute approximate surface area is 141 Å². The van der Waals surface area contributed by atoms with Crippen LogP contribution >= 0.6 is 22.6 Å². The summed E-state index contributed by atoms with van der Waals surface area (Å²) in [6.45, 7) is 2.44. The average molecular weight is 417 g/mol. The third-order valence-corrected chi connectivity index (χ3v) is 4.62. The summed E-state index contributed by atoms with van der Waals surface area (Å²) in [5, 5.41) is 13.6. The lowest BCUT2D eigenvalue weighted by Crippen LogP contribution is -2.44. The molecule has 1 heterocycles. The van der Waals surface area contributed by atoms with Gasteiger partial charge in [0, 0.05) is 25.2 Å². The molecule has 1 N–H and O–H groups in total. The zero-order chi connectivity index (χ0) is 16.4. The van der Waals surface area contributed by atoms with Crippen LogP contribution in [0.2, 0.25) is 0 Å². The van der Waals surface area contributed by atoms with Gasteiger partial charge in [0.15, 0.2) is 0 Å². The van der Waals surface area contributed by atoms with E-state index in [0.29, 0.717) is 16.5 Å². The molecule has 2 amide bonds. The van der Waals surface area contributed by atoms with E-state index in [0.717, 1.165) is 0 Å². The fourth-order valence-corrected chi connectivity index (χ4v) is 3.17. The molecule has 0 aliphatic carbocycles. The number of amides is 2. The first-order valence-corrected chi connectivity index (χ1v) is 7.89. The highest BCUT2D eigenvalue weighted by Gasteiger charge is 2.38. The molecule has 22 heavy (non-hydrogen) atoms. The predicted octanol–water partition coefficient (Wildman–Crippen LogP) is 1.80. The van der Waals surface area contributed by atoms with Crippen molar-refractivity contribution in [2.45, 2.75) is 19.4 Å². The Hall–Kier alpha value is -1.71. The van der Waals surface area contributed by atoms with E-state index in [1.54, 1.807) is 12.1 Å². The Morgan fingerprint density at radius 1 is 1.45 bits per heavy atom. The second kappa shape index (κ2) is 6.59. The molecular weight excluding hydrogens is 401 g/mol. The number of hydrogen-bond donors (Lipinski definition) is 1. The van der Waals surface area contributed by atoms with Gasteiger partial charge < -0.3 is 10.2 Å². The van der Waals surface area contributed by atoms with Crippen molar-refractivity contribution >= 4 is 40.1 Å². The maximum atomic E-state index is 12.6. The van der Waals surface area contributed by atoms with E-state index in [-0.39, 0.29) is 29.0 Å². The van der Waals surface area contributed by atoms with Gasteiger partial charge in [-0.1, -0.05) is 6.92 Å². The third kappa shape index (κ3) is 3.21. The van der Waals surface area contributed by atoms with Crippen LogP contribution in [0.25, 0.3) is 0 Å². The second-order valence-electron chi connectivity index (χ2n) is 5.35. The van der Waals surface area contributed by atoms with Crippen LogP contribution in [0.15, 0.2) is 18.2 Å².